The molecule has 100 valence electrons. The standard InChI is InChI=1S/C13H10FIO3S/c1-9-7-12(5-6-13(9)14)19(16,17)18-11-4-2-3-10(15)8-11/h2-8H,1H3. The monoisotopic (exact) mass is 392 g/mol. The summed E-state index contributed by atoms with van der Waals surface area (Å²) in [6.07, 6.45) is 0. The Hall–Kier alpha value is -1.15. The Morgan fingerprint density at radius 3 is 2.53 bits per heavy atom. The summed E-state index contributed by atoms with van der Waals surface area (Å²) in [6, 6.07) is 10.2. The minimum atomic E-state index is -3.94. The third kappa shape index (κ3) is 3.44. The van der Waals surface area contributed by atoms with Crippen LogP contribution < -0.4 is 4.18 Å². The molecule has 0 aliphatic rings. The van der Waals surface area contributed by atoms with E-state index in [0.29, 0.717) is 0 Å². The van der Waals surface area contributed by atoms with Crippen LogP contribution in [0.4, 0.5) is 4.39 Å². The fourth-order valence-electron chi connectivity index (χ4n) is 1.47. The summed E-state index contributed by atoms with van der Waals surface area (Å²) in [7, 11) is -3.94. The first-order valence-electron chi connectivity index (χ1n) is 5.35. The molecule has 0 amide bonds. The summed E-state index contributed by atoms with van der Waals surface area (Å²) < 4.78 is 43.1. The largest absolute Gasteiger partial charge is 0.379 e. The van der Waals surface area contributed by atoms with Crippen molar-refractivity contribution in [2.24, 2.45) is 0 Å². The van der Waals surface area contributed by atoms with Gasteiger partial charge in [0.2, 0.25) is 0 Å². The van der Waals surface area contributed by atoms with Crippen LogP contribution in [0.15, 0.2) is 47.4 Å². The van der Waals surface area contributed by atoms with Crippen molar-refractivity contribution in [2.45, 2.75) is 11.8 Å². The van der Waals surface area contributed by atoms with Crippen molar-refractivity contribution < 1.29 is 17.0 Å². The van der Waals surface area contributed by atoms with E-state index in [1.54, 1.807) is 18.2 Å². The van der Waals surface area contributed by atoms with E-state index in [-0.39, 0.29) is 16.2 Å². The number of hydrogen-bond acceptors (Lipinski definition) is 3. The molecule has 3 nitrogen and oxygen atoms in total. The minimum absolute atomic E-state index is 0.0646. The first-order chi connectivity index (χ1) is 8.88. The molecule has 0 fully saturated rings. The summed E-state index contributed by atoms with van der Waals surface area (Å²) in [5.74, 6) is -0.220. The van der Waals surface area contributed by atoms with Crippen LogP contribution in [0.3, 0.4) is 0 Å². The first kappa shape index (κ1) is 14.3. The minimum Gasteiger partial charge on any atom is -0.379 e. The Morgan fingerprint density at radius 1 is 1.16 bits per heavy atom. The molecule has 0 aliphatic heterocycles. The third-order valence-corrected chi connectivity index (χ3v) is 4.33. The maximum Gasteiger partial charge on any atom is 0.339 e. The predicted molar refractivity (Wildman–Crippen MR) is 78.1 cm³/mol. The van der Waals surface area contributed by atoms with E-state index in [2.05, 4.69) is 22.6 Å². The smallest absolute Gasteiger partial charge is 0.339 e. The second-order valence-corrected chi connectivity index (χ2v) is 6.70. The lowest BCUT2D eigenvalue weighted by Gasteiger charge is -2.08. The van der Waals surface area contributed by atoms with Gasteiger partial charge in [0.15, 0.2) is 0 Å². The SMILES string of the molecule is Cc1cc(S(=O)(=O)Oc2cccc(I)c2)ccc1F. The third-order valence-electron chi connectivity index (χ3n) is 2.42. The van der Waals surface area contributed by atoms with Crippen LogP contribution in [0.2, 0.25) is 0 Å². The van der Waals surface area contributed by atoms with Crippen molar-refractivity contribution in [2.75, 3.05) is 0 Å². The molecular formula is C13H10FIO3S. The Balaban J connectivity index is 2.35. The molecular weight excluding hydrogens is 382 g/mol. The van der Waals surface area contributed by atoms with Gasteiger partial charge in [-0.25, -0.2) is 4.39 Å². The van der Waals surface area contributed by atoms with Crippen LogP contribution in [0.1, 0.15) is 5.56 Å². The fourth-order valence-corrected chi connectivity index (χ4v) is 2.99. The Bertz CT molecular complexity index is 714. The molecule has 2 aromatic rings. The number of hydrogen-bond donors (Lipinski definition) is 0. The number of benzene rings is 2. The van der Waals surface area contributed by atoms with Gasteiger partial charge in [0.25, 0.3) is 0 Å². The van der Waals surface area contributed by atoms with E-state index in [9.17, 15) is 12.8 Å². The van der Waals surface area contributed by atoms with Crippen LogP contribution in [0.25, 0.3) is 0 Å². The zero-order chi connectivity index (χ0) is 14.0. The average molecular weight is 392 g/mol. The summed E-state index contributed by atoms with van der Waals surface area (Å²) in [5.41, 5.74) is 0.257. The molecule has 19 heavy (non-hydrogen) atoms. The van der Waals surface area contributed by atoms with Gasteiger partial charge >= 0.3 is 10.1 Å². The molecule has 0 aromatic heterocycles. The molecule has 0 unspecified atom stereocenters. The van der Waals surface area contributed by atoms with Gasteiger partial charge in [0.1, 0.15) is 16.5 Å². The van der Waals surface area contributed by atoms with Crippen molar-refractivity contribution in [1.29, 1.82) is 0 Å². The second kappa shape index (κ2) is 5.46. The molecule has 0 aliphatic carbocycles. The van der Waals surface area contributed by atoms with Gasteiger partial charge in [-0.3, -0.25) is 0 Å². The van der Waals surface area contributed by atoms with E-state index in [4.69, 9.17) is 4.18 Å². The molecule has 2 rings (SSSR count). The van der Waals surface area contributed by atoms with Gasteiger partial charge in [-0.2, -0.15) is 8.42 Å². The Kier molecular flexibility index (Phi) is 4.10. The summed E-state index contributed by atoms with van der Waals surface area (Å²) in [4.78, 5) is -0.0646. The average Bonchev–Trinajstić information content (AvgIpc) is 2.32. The summed E-state index contributed by atoms with van der Waals surface area (Å²) in [5, 5.41) is 0. The molecule has 6 heteroatoms. The highest BCUT2D eigenvalue weighted by Crippen LogP contribution is 2.21. The van der Waals surface area contributed by atoms with Gasteiger partial charge in [0, 0.05) is 3.57 Å². The van der Waals surface area contributed by atoms with Crippen LogP contribution in [0, 0.1) is 16.3 Å². The first-order valence-corrected chi connectivity index (χ1v) is 7.83. The molecule has 0 spiro atoms. The van der Waals surface area contributed by atoms with Gasteiger partial charge in [-0.1, -0.05) is 6.07 Å². The van der Waals surface area contributed by atoms with Gasteiger partial charge in [-0.05, 0) is 71.5 Å². The van der Waals surface area contributed by atoms with Gasteiger partial charge < -0.3 is 4.18 Å². The van der Waals surface area contributed by atoms with Crippen LogP contribution >= 0.6 is 22.6 Å². The number of aryl methyl sites for hydroxylation is 1. The predicted octanol–water partition coefficient (Wildman–Crippen LogP) is 3.51. The Morgan fingerprint density at radius 2 is 1.89 bits per heavy atom. The van der Waals surface area contributed by atoms with E-state index < -0.39 is 15.9 Å². The van der Waals surface area contributed by atoms with Crippen molar-refractivity contribution >= 4 is 32.7 Å². The van der Waals surface area contributed by atoms with E-state index in [1.807, 2.05) is 6.07 Å². The molecule has 0 bridgehead atoms. The normalized spacial score (nSPS) is 11.3. The summed E-state index contributed by atoms with van der Waals surface area (Å²) >= 11 is 2.06. The molecule has 0 heterocycles. The van der Waals surface area contributed by atoms with E-state index >= 15 is 0 Å². The van der Waals surface area contributed by atoms with E-state index in [0.717, 1.165) is 9.64 Å². The molecule has 0 saturated carbocycles. The highest BCUT2D eigenvalue weighted by molar-refractivity contribution is 14.1. The molecule has 0 radical (unpaired) electrons. The summed E-state index contributed by atoms with van der Waals surface area (Å²) in [6.45, 7) is 1.50. The quantitative estimate of drug-likeness (QED) is 0.593. The second-order valence-electron chi connectivity index (χ2n) is 3.91. The van der Waals surface area contributed by atoms with Gasteiger partial charge in [0.05, 0.1) is 0 Å². The fraction of sp³-hybridized carbons (Fsp3) is 0.0769. The topological polar surface area (TPSA) is 43.4 Å². The molecule has 0 N–H and O–H groups in total. The van der Waals surface area contributed by atoms with Crippen molar-refractivity contribution in [3.8, 4) is 5.75 Å². The zero-order valence-electron chi connectivity index (χ0n) is 9.93. The van der Waals surface area contributed by atoms with Crippen LogP contribution in [-0.4, -0.2) is 8.42 Å². The van der Waals surface area contributed by atoms with Crippen molar-refractivity contribution in [3.63, 3.8) is 0 Å². The maximum absolute atomic E-state index is 13.1. The lowest BCUT2D eigenvalue weighted by atomic mass is 10.2. The maximum atomic E-state index is 13.1. The Labute approximate surface area is 124 Å². The number of halogens is 2. The lowest BCUT2D eigenvalue weighted by molar-refractivity contribution is 0.485. The van der Waals surface area contributed by atoms with Crippen molar-refractivity contribution in [1.82, 2.24) is 0 Å². The highest BCUT2D eigenvalue weighted by Gasteiger charge is 2.17. The molecule has 0 atom stereocenters. The lowest BCUT2D eigenvalue weighted by Crippen LogP contribution is -2.10. The molecule has 0 saturated heterocycles. The zero-order valence-corrected chi connectivity index (χ0v) is 12.9. The van der Waals surface area contributed by atoms with Crippen LogP contribution in [0.5, 0.6) is 5.75 Å². The molecule has 2 aromatic carbocycles. The number of rotatable bonds is 3. The van der Waals surface area contributed by atoms with Crippen LogP contribution in [-0.2, 0) is 10.1 Å². The van der Waals surface area contributed by atoms with Crippen molar-refractivity contribution in [3.05, 3.63) is 57.4 Å². The highest BCUT2D eigenvalue weighted by atomic mass is 127. The van der Waals surface area contributed by atoms with Gasteiger partial charge in [-0.15, -0.1) is 0 Å². The van der Waals surface area contributed by atoms with E-state index in [1.165, 1.54) is 19.1 Å².